The predicted molar refractivity (Wildman–Crippen MR) is 94.0 cm³/mol. The van der Waals surface area contributed by atoms with E-state index < -0.39 is 0 Å². The van der Waals surface area contributed by atoms with E-state index in [1.54, 1.807) is 9.80 Å². The van der Waals surface area contributed by atoms with Crippen molar-refractivity contribution >= 4 is 11.8 Å². The number of hydrogen-bond donors (Lipinski definition) is 0. The van der Waals surface area contributed by atoms with E-state index in [1.165, 1.54) is 0 Å². The number of hydrogen-bond acceptors (Lipinski definition) is 2. The molecule has 0 radical (unpaired) electrons. The Morgan fingerprint density at radius 2 is 1.25 bits per heavy atom. The molecule has 0 spiro atoms. The van der Waals surface area contributed by atoms with E-state index in [1.807, 2.05) is 48.8 Å². The molecule has 0 saturated heterocycles. The molecule has 24 heavy (non-hydrogen) atoms. The van der Waals surface area contributed by atoms with Gasteiger partial charge in [-0.05, 0) is 36.8 Å². The van der Waals surface area contributed by atoms with Crippen LogP contribution in [0.4, 0.5) is 0 Å². The monoisotopic (exact) mass is 324 g/mol. The highest BCUT2D eigenvalue weighted by Crippen LogP contribution is 2.16. The largest absolute Gasteiger partial charge is 0.319 e. The molecular formula is C20H24N2O2. The Balaban J connectivity index is 1.68. The van der Waals surface area contributed by atoms with Gasteiger partial charge in [0.25, 0.3) is 0 Å². The highest BCUT2D eigenvalue weighted by molar-refractivity contribution is 5.83. The van der Waals surface area contributed by atoms with Crippen LogP contribution in [0.1, 0.15) is 36.8 Å². The van der Waals surface area contributed by atoms with Crippen molar-refractivity contribution in [3.05, 3.63) is 59.9 Å². The molecule has 0 N–H and O–H groups in total. The molecule has 0 atom stereocenters. The van der Waals surface area contributed by atoms with E-state index in [0.717, 1.165) is 49.9 Å². The van der Waals surface area contributed by atoms with E-state index in [0.29, 0.717) is 12.8 Å². The number of nitrogens with zero attached hydrogens (tertiary/aromatic N) is 2. The highest BCUT2D eigenvalue weighted by Gasteiger charge is 2.18. The summed E-state index contributed by atoms with van der Waals surface area (Å²) in [4.78, 5) is 28.5. The Morgan fingerprint density at radius 3 is 1.62 bits per heavy atom. The maximum absolute atomic E-state index is 12.5. The van der Waals surface area contributed by atoms with Crippen molar-refractivity contribution < 1.29 is 9.59 Å². The number of allylic oxidation sites excluding steroid dienone is 2. The van der Waals surface area contributed by atoms with Gasteiger partial charge in [-0.3, -0.25) is 9.59 Å². The van der Waals surface area contributed by atoms with Gasteiger partial charge in [0.05, 0.1) is 12.8 Å². The summed E-state index contributed by atoms with van der Waals surface area (Å²) in [7, 11) is 0. The normalized spacial score (nSPS) is 17.2. The molecule has 2 aliphatic heterocycles. The minimum Gasteiger partial charge on any atom is -0.319 e. The summed E-state index contributed by atoms with van der Waals surface area (Å²) in [6, 6.07) is 7.79. The topological polar surface area (TPSA) is 40.6 Å². The smallest absolute Gasteiger partial charge is 0.230 e. The zero-order chi connectivity index (χ0) is 16.8. The van der Waals surface area contributed by atoms with Crippen molar-refractivity contribution in [3.63, 3.8) is 0 Å². The summed E-state index contributed by atoms with van der Waals surface area (Å²) < 4.78 is 0. The second-order valence-electron chi connectivity index (χ2n) is 6.35. The molecule has 2 amide bonds. The summed E-state index contributed by atoms with van der Waals surface area (Å²) in [6.07, 6.45) is 12.7. The minimum absolute atomic E-state index is 0.101. The molecule has 0 fully saturated rings. The van der Waals surface area contributed by atoms with Crippen molar-refractivity contribution in [2.45, 2.75) is 38.5 Å². The van der Waals surface area contributed by atoms with Crippen LogP contribution in [0.3, 0.4) is 0 Å². The number of carbonyl (C=O) groups excluding carboxylic acids is 2. The van der Waals surface area contributed by atoms with E-state index in [2.05, 4.69) is 0 Å². The first-order chi connectivity index (χ1) is 11.7. The Bertz CT molecular complexity index is 606. The number of amides is 2. The second kappa shape index (κ2) is 7.95. The molecular weight excluding hydrogens is 300 g/mol. The number of rotatable bonds is 4. The molecule has 126 valence electrons. The van der Waals surface area contributed by atoms with Crippen LogP contribution in [0.5, 0.6) is 0 Å². The first-order valence-corrected chi connectivity index (χ1v) is 8.73. The van der Waals surface area contributed by atoms with Gasteiger partial charge in [-0.2, -0.15) is 0 Å². The van der Waals surface area contributed by atoms with Crippen molar-refractivity contribution in [1.29, 1.82) is 0 Å². The molecule has 0 bridgehead atoms. The lowest BCUT2D eigenvalue weighted by molar-refractivity contribution is -0.129. The third kappa shape index (κ3) is 4.13. The molecule has 0 saturated carbocycles. The summed E-state index contributed by atoms with van der Waals surface area (Å²) in [5.74, 6) is 0.201. The van der Waals surface area contributed by atoms with Crippen molar-refractivity contribution in [2.75, 3.05) is 13.1 Å². The lowest BCUT2D eigenvalue weighted by Crippen LogP contribution is -2.31. The Kier molecular flexibility index (Phi) is 5.47. The fourth-order valence-corrected chi connectivity index (χ4v) is 3.16. The zero-order valence-corrected chi connectivity index (χ0v) is 14.0. The molecule has 4 nitrogen and oxygen atoms in total. The van der Waals surface area contributed by atoms with Crippen molar-refractivity contribution in [1.82, 2.24) is 9.80 Å². The van der Waals surface area contributed by atoms with Crippen LogP contribution in [-0.2, 0) is 22.4 Å². The lowest BCUT2D eigenvalue weighted by atomic mass is 10.00. The molecule has 3 rings (SSSR count). The quantitative estimate of drug-likeness (QED) is 0.854. The Hall–Kier alpha value is -2.36. The predicted octanol–water partition coefficient (Wildman–Crippen LogP) is 3.04. The van der Waals surface area contributed by atoms with Crippen LogP contribution in [0.15, 0.2) is 48.8 Å². The Labute approximate surface area is 143 Å². The summed E-state index contributed by atoms with van der Waals surface area (Å²) in [5.41, 5.74) is 1.91. The number of benzene rings is 1. The molecule has 0 unspecified atom stereocenters. The average molecular weight is 324 g/mol. The molecule has 0 aliphatic carbocycles. The van der Waals surface area contributed by atoms with Gasteiger partial charge in [-0.25, -0.2) is 0 Å². The minimum atomic E-state index is 0.101. The van der Waals surface area contributed by atoms with Crippen molar-refractivity contribution in [3.8, 4) is 0 Å². The molecule has 4 heteroatoms. The fourth-order valence-electron chi connectivity index (χ4n) is 3.16. The highest BCUT2D eigenvalue weighted by atomic mass is 16.2. The van der Waals surface area contributed by atoms with E-state index in [-0.39, 0.29) is 11.8 Å². The second-order valence-corrected chi connectivity index (χ2v) is 6.35. The lowest BCUT2D eigenvalue weighted by Gasteiger charge is -2.23. The molecule has 1 aromatic rings. The summed E-state index contributed by atoms with van der Waals surface area (Å²) >= 11 is 0. The van der Waals surface area contributed by atoms with Crippen LogP contribution < -0.4 is 0 Å². The van der Waals surface area contributed by atoms with Crippen molar-refractivity contribution in [2.24, 2.45) is 0 Å². The third-order valence-electron chi connectivity index (χ3n) is 4.55. The fraction of sp³-hybridized carbons (Fsp3) is 0.400. The van der Waals surface area contributed by atoms with Gasteiger partial charge in [-0.1, -0.05) is 36.4 Å². The van der Waals surface area contributed by atoms with Gasteiger partial charge in [0.2, 0.25) is 11.8 Å². The first-order valence-electron chi connectivity index (χ1n) is 8.73. The van der Waals surface area contributed by atoms with Gasteiger partial charge in [0.15, 0.2) is 0 Å². The Morgan fingerprint density at radius 1 is 0.792 bits per heavy atom. The van der Waals surface area contributed by atoms with Gasteiger partial charge in [-0.15, -0.1) is 0 Å². The van der Waals surface area contributed by atoms with Gasteiger partial charge in [0.1, 0.15) is 0 Å². The van der Waals surface area contributed by atoms with E-state index in [4.69, 9.17) is 0 Å². The average Bonchev–Trinajstić information content (AvgIpc) is 2.64. The van der Waals surface area contributed by atoms with Gasteiger partial charge in [0, 0.05) is 25.5 Å². The van der Waals surface area contributed by atoms with Gasteiger partial charge < -0.3 is 9.80 Å². The molecule has 1 aromatic carbocycles. The summed E-state index contributed by atoms with van der Waals surface area (Å²) in [6.45, 7) is 1.57. The maximum atomic E-state index is 12.5. The SMILES string of the molecule is O=C(Cc1ccccc1CC(=O)N1C=CCCC1)N1C=CCCC1. The maximum Gasteiger partial charge on any atom is 0.230 e. The number of carbonyl (C=O) groups is 2. The zero-order valence-electron chi connectivity index (χ0n) is 14.0. The van der Waals surface area contributed by atoms with Gasteiger partial charge >= 0.3 is 0 Å². The van der Waals surface area contributed by atoms with Crippen LogP contribution >= 0.6 is 0 Å². The van der Waals surface area contributed by atoms with E-state index >= 15 is 0 Å². The van der Waals surface area contributed by atoms with E-state index in [9.17, 15) is 9.59 Å². The third-order valence-corrected chi connectivity index (χ3v) is 4.55. The summed E-state index contributed by atoms with van der Waals surface area (Å²) in [5, 5.41) is 0. The standard InChI is InChI=1S/C20H24N2O2/c23-19(21-11-5-1-6-12-21)15-17-9-3-4-10-18(17)16-20(24)22-13-7-2-8-14-22/h3-5,7,9-11,13H,1-2,6,8,12,14-16H2. The van der Waals surface area contributed by atoms with Crippen LogP contribution in [0.25, 0.3) is 0 Å². The molecule has 2 heterocycles. The first kappa shape index (κ1) is 16.5. The van der Waals surface area contributed by atoms with Crippen LogP contribution in [0, 0.1) is 0 Å². The van der Waals surface area contributed by atoms with Crippen LogP contribution in [-0.4, -0.2) is 34.7 Å². The molecule has 2 aliphatic rings. The van der Waals surface area contributed by atoms with Crippen LogP contribution in [0.2, 0.25) is 0 Å². The molecule has 0 aromatic heterocycles.